The van der Waals surface area contributed by atoms with E-state index in [0.717, 1.165) is 61.3 Å². The molecule has 136 valence electrons. The highest BCUT2D eigenvalue weighted by Crippen LogP contribution is 2.52. The van der Waals surface area contributed by atoms with E-state index in [1.807, 2.05) is 12.1 Å². The highest BCUT2D eigenvalue weighted by molar-refractivity contribution is 9.11. The summed E-state index contributed by atoms with van der Waals surface area (Å²) in [5, 5.41) is 0. The highest BCUT2D eigenvalue weighted by atomic mass is 79.9. The van der Waals surface area contributed by atoms with Crippen molar-refractivity contribution in [1.82, 2.24) is 0 Å². The van der Waals surface area contributed by atoms with Crippen LogP contribution in [0.5, 0.6) is 5.75 Å². The molecule has 1 atom stereocenters. The van der Waals surface area contributed by atoms with Crippen LogP contribution >= 0.6 is 31.9 Å². The third kappa shape index (κ3) is 2.71. The predicted molar refractivity (Wildman–Crippen MR) is 110 cm³/mol. The number of ketones is 1. The molecule has 0 amide bonds. The summed E-state index contributed by atoms with van der Waals surface area (Å²) in [7, 11) is 0. The van der Waals surface area contributed by atoms with Crippen LogP contribution in [0, 0.1) is 6.92 Å². The van der Waals surface area contributed by atoms with Crippen LogP contribution in [-0.2, 0) is 6.42 Å². The number of hydrogen-bond donors (Lipinski definition) is 0. The van der Waals surface area contributed by atoms with Crippen LogP contribution in [0.4, 0.5) is 0 Å². The lowest BCUT2D eigenvalue weighted by molar-refractivity contribution is 0.0970. The van der Waals surface area contributed by atoms with Crippen molar-refractivity contribution in [2.45, 2.75) is 32.3 Å². The summed E-state index contributed by atoms with van der Waals surface area (Å²) in [5.74, 6) is 2.43. The van der Waals surface area contributed by atoms with Crippen LogP contribution in [0.1, 0.15) is 52.0 Å². The average Bonchev–Trinajstić information content (AvgIpc) is 3.03. The highest BCUT2D eigenvalue weighted by Gasteiger charge is 2.39. The predicted octanol–water partition coefficient (Wildman–Crippen LogP) is 6.78. The molecule has 0 saturated heterocycles. The van der Waals surface area contributed by atoms with Gasteiger partial charge in [0.15, 0.2) is 17.6 Å². The summed E-state index contributed by atoms with van der Waals surface area (Å²) in [5.41, 5.74) is 4.73. The molecule has 0 saturated carbocycles. The van der Waals surface area contributed by atoms with Crippen molar-refractivity contribution in [2.24, 2.45) is 0 Å². The third-order valence-electron chi connectivity index (χ3n) is 5.23. The molecule has 3 aromatic rings. The maximum atomic E-state index is 12.8. The van der Waals surface area contributed by atoms with Crippen molar-refractivity contribution in [3.8, 4) is 16.9 Å². The van der Waals surface area contributed by atoms with Gasteiger partial charge in [-0.25, -0.2) is 0 Å². The molecule has 5 rings (SSSR count). The molecule has 0 radical (unpaired) electrons. The largest absolute Gasteiger partial charge is 0.476 e. The fraction of sp³-hybridized carbons (Fsp3) is 0.227. The van der Waals surface area contributed by atoms with E-state index in [1.165, 1.54) is 5.56 Å². The first-order valence-corrected chi connectivity index (χ1v) is 10.5. The lowest BCUT2D eigenvalue weighted by Crippen LogP contribution is -2.16. The molecule has 2 aromatic carbocycles. The third-order valence-corrected chi connectivity index (χ3v) is 6.27. The van der Waals surface area contributed by atoms with E-state index in [0.29, 0.717) is 6.42 Å². The van der Waals surface area contributed by atoms with Crippen molar-refractivity contribution in [2.75, 3.05) is 0 Å². The van der Waals surface area contributed by atoms with Gasteiger partial charge in [0, 0.05) is 34.0 Å². The van der Waals surface area contributed by atoms with Crippen LogP contribution in [0.25, 0.3) is 11.1 Å². The summed E-state index contributed by atoms with van der Waals surface area (Å²) >= 11 is 7.18. The van der Waals surface area contributed by atoms with Crippen molar-refractivity contribution < 1.29 is 13.9 Å². The number of halogens is 2. The Morgan fingerprint density at radius 2 is 1.81 bits per heavy atom. The summed E-state index contributed by atoms with van der Waals surface area (Å²) in [6, 6.07) is 12.2. The number of aryl methyl sites for hydroxylation is 2. The molecule has 1 unspecified atom stereocenters. The van der Waals surface area contributed by atoms with E-state index >= 15 is 0 Å². The van der Waals surface area contributed by atoms with Gasteiger partial charge in [0.05, 0.1) is 10.0 Å². The van der Waals surface area contributed by atoms with Crippen LogP contribution in [0.3, 0.4) is 0 Å². The molecule has 0 bridgehead atoms. The van der Waals surface area contributed by atoms with Gasteiger partial charge in [-0.15, -0.1) is 0 Å². The molecular formula is C22H16Br2O3. The lowest BCUT2D eigenvalue weighted by Gasteiger charge is -2.27. The van der Waals surface area contributed by atoms with Gasteiger partial charge in [-0.05, 0) is 41.4 Å². The van der Waals surface area contributed by atoms with Crippen molar-refractivity contribution in [3.63, 3.8) is 0 Å². The minimum absolute atomic E-state index is 0.160. The average molecular weight is 488 g/mol. The number of carbonyl (C=O) groups is 1. The van der Waals surface area contributed by atoms with Crippen LogP contribution in [-0.4, -0.2) is 5.78 Å². The minimum Gasteiger partial charge on any atom is -0.476 e. The number of Topliss-reactive ketones (excluding diaryl/α,β-unsaturated/α-hetero) is 1. The number of rotatable bonds is 1. The number of hydrogen-bond acceptors (Lipinski definition) is 3. The summed E-state index contributed by atoms with van der Waals surface area (Å²) in [6.45, 7) is 2.06. The Kier molecular flexibility index (Phi) is 4.06. The van der Waals surface area contributed by atoms with Crippen molar-refractivity contribution >= 4 is 37.6 Å². The smallest absolute Gasteiger partial charge is 0.182 e. The zero-order valence-corrected chi connectivity index (χ0v) is 17.8. The molecule has 2 heterocycles. The fourth-order valence-corrected chi connectivity index (χ4v) is 5.27. The van der Waals surface area contributed by atoms with E-state index in [2.05, 4.69) is 63.0 Å². The minimum atomic E-state index is -0.371. The molecule has 0 spiro atoms. The number of benzene rings is 2. The molecule has 0 fully saturated rings. The molecule has 2 aliphatic rings. The van der Waals surface area contributed by atoms with Gasteiger partial charge < -0.3 is 9.15 Å². The molecule has 5 heteroatoms. The molecule has 1 aliphatic carbocycles. The van der Waals surface area contributed by atoms with Gasteiger partial charge in [0.25, 0.3) is 0 Å². The maximum Gasteiger partial charge on any atom is 0.182 e. The van der Waals surface area contributed by atoms with Gasteiger partial charge >= 0.3 is 0 Å². The molecular weight excluding hydrogens is 472 g/mol. The summed E-state index contributed by atoms with van der Waals surface area (Å²) < 4.78 is 14.4. The first kappa shape index (κ1) is 17.3. The normalized spacial score (nSPS) is 17.7. The maximum absolute atomic E-state index is 12.8. The number of carbonyl (C=O) groups excluding carboxylic acids is 1. The van der Waals surface area contributed by atoms with E-state index < -0.39 is 0 Å². The van der Waals surface area contributed by atoms with Crippen molar-refractivity contribution in [1.29, 1.82) is 0 Å². The van der Waals surface area contributed by atoms with Crippen LogP contribution in [0.2, 0.25) is 0 Å². The summed E-state index contributed by atoms with van der Waals surface area (Å²) in [4.78, 5) is 12.8. The van der Waals surface area contributed by atoms with Gasteiger partial charge in [-0.1, -0.05) is 45.8 Å². The van der Waals surface area contributed by atoms with Crippen LogP contribution in [0.15, 0.2) is 49.8 Å². The standard InChI is InChI=1S/C22H16Br2O3/c1-11-5-7-12(8-6-11)20-22-18(19-16(25)3-2-4-17(19)26-22)14-9-13(23)10-15(24)21(14)27-20/h5-10,20H,2-4H2,1H3. The van der Waals surface area contributed by atoms with Gasteiger partial charge in [-0.3, -0.25) is 4.79 Å². The van der Waals surface area contributed by atoms with E-state index in [9.17, 15) is 4.79 Å². The fourth-order valence-electron chi connectivity index (χ4n) is 3.95. The Labute approximate surface area is 174 Å². The Bertz CT molecular complexity index is 1080. The second kappa shape index (κ2) is 6.35. The number of furan rings is 1. The van der Waals surface area contributed by atoms with Gasteiger partial charge in [0.2, 0.25) is 0 Å². The van der Waals surface area contributed by atoms with Crippen LogP contribution < -0.4 is 4.74 Å². The van der Waals surface area contributed by atoms with E-state index in [1.54, 1.807) is 0 Å². The monoisotopic (exact) mass is 486 g/mol. The number of fused-ring (bicyclic) bond motifs is 5. The Hall–Kier alpha value is -1.85. The van der Waals surface area contributed by atoms with E-state index in [4.69, 9.17) is 9.15 Å². The molecule has 3 nitrogen and oxygen atoms in total. The van der Waals surface area contributed by atoms with Crippen molar-refractivity contribution in [3.05, 3.63) is 73.6 Å². The summed E-state index contributed by atoms with van der Waals surface area (Å²) in [6.07, 6.45) is 1.83. The van der Waals surface area contributed by atoms with Gasteiger partial charge in [0.1, 0.15) is 11.5 Å². The number of ether oxygens (including phenoxy) is 1. The first-order chi connectivity index (χ1) is 13.0. The molecule has 1 aliphatic heterocycles. The van der Waals surface area contributed by atoms with Gasteiger partial charge in [-0.2, -0.15) is 0 Å². The topological polar surface area (TPSA) is 39.4 Å². The Morgan fingerprint density at radius 3 is 2.59 bits per heavy atom. The first-order valence-electron chi connectivity index (χ1n) is 8.94. The Balaban J connectivity index is 1.80. The zero-order chi connectivity index (χ0) is 18.7. The van der Waals surface area contributed by atoms with E-state index in [-0.39, 0.29) is 11.9 Å². The SMILES string of the molecule is Cc1ccc(C2Oc3c(Br)cc(Br)cc3-c3c2oc2c3C(=O)CCC2)cc1. The quantitative estimate of drug-likeness (QED) is 0.379. The second-order valence-electron chi connectivity index (χ2n) is 7.09. The second-order valence-corrected chi connectivity index (χ2v) is 8.86. The molecule has 0 N–H and O–H groups in total. The Morgan fingerprint density at radius 1 is 1.04 bits per heavy atom. The lowest BCUT2D eigenvalue weighted by atomic mass is 9.87. The zero-order valence-electron chi connectivity index (χ0n) is 14.6. The molecule has 1 aromatic heterocycles. The molecule has 27 heavy (non-hydrogen) atoms.